The molecule has 0 saturated carbocycles. The van der Waals surface area contributed by atoms with E-state index < -0.39 is 32.3 Å². The molecule has 0 aromatic carbocycles. The number of halogens is 6. The zero-order chi connectivity index (χ0) is 13.2. The molecule has 0 aromatic rings. The van der Waals surface area contributed by atoms with Crippen LogP contribution in [0, 0.1) is 0 Å². The Labute approximate surface area is 85.0 Å². The first kappa shape index (κ1) is 15.4. The lowest BCUT2D eigenvalue weighted by molar-refractivity contribution is -0.306. The third-order valence-corrected chi connectivity index (χ3v) is 2.70. The van der Waals surface area contributed by atoms with E-state index in [0.717, 1.165) is 0 Å². The molecule has 0 aliphatic carbocycles. The molecule has 16 heavy (non-hydrogen) atoms. The van der Waals surface area contributed by atoms with Crippen molar-refractivity contribution in [3.05, 3.63) is 0 Å². The minimum absolute atomic E-state index is 0.645. The Kier molecular flexibility index (Phi) is 4.55. The van der Waals surface area contributed by atoms with Crippen LogP contribution in [-0.2, 0) is 18.4 Å². The minimum Gasteiger partial charge on any atom is -0.299 e. The number of hydrogen-bond donors (Lipinski definition) is 0. The molecule has 96 valence electrons. The molecule has 0 amide bonds. The van der Waals surface area contributed by atoms with Gasteiger partial charge < -0.3 is 0 Å². The summed E-state index contributed by atoms with van der Waals surface area (Å²) < 4.78 is 86.1. The van der Waals surface area contributed by atoms with Crippen molar-refractivity contribution >= 4 is 13.4 Å². The van der Waals surface area contributed by atoms with Gasteiger partial charge in [-0.15, -0.1) is 26.3 Å². The molecule has 0 N–H and O–H groups in total. The summed E-state index contributed by atoms with van der Waals surface area (Å²) in [6.45, 7) is 0.645. The normalized spacial score (nSPS) is 13.9. The standard InChI is InChI=1S/C5H5F6O4P/c1-3(12)2-16(13,14-4(6,7)8)15-5(9,10)11/h2H2,1H3. The van der Waals surface area contributed by atoms with Gasteiger partial charge in [-0.2, -0.15) is 0 Å². The van der Waals surface area contributed by atoms with Crippen molar-refractivity contribution in [3.8, 4) is 0 Å². The fourth-order valence-electron chi connectivity index (χ4n) is 0.671. The zero-order valence-electron chi connectivity index (χ0n) is 7.56. The van der Waals surface area contributed by atoms with E-state index in [1.165, 1.54) is 0 Å². The molecule has 0 rings (SSSR count). The number of alkyl halides is 6. The van der Waals surface area contributed by atoms with Crippen LogP contribution in [0.5, 0.6) is 0 Å². The van der Waals surface area contributed by atoms with E-state index in [1.807, 2.05) is 0 Å². The van der Waals surface area contributed by atoms with Gasteiger partial charge in [0.05, 0.1) is 0 Å². The Morgan fingerprint density at radius 1 is 1.06 bits per heavy atom. The van der Waals surface area contributed by atoms with Gasteiger partial charge in [-0.05, 0) is 6.92 Å². The molecule has 0 aliphatic heterocycles. The molecule has 11 heteroatoms. The maximum absolute atomic E-state index is 11.6. The highest BCUT2D eigenvalue weighted by Crippen LogP contribution is 2.56. The van der Waals surface area contributed by atoms with Gasteiger partial charge in [-0.1, -0.05) is 0 Å². The molecule has 4 nitrogen and oxygen atoms in total. The number of hydrogen-bond acceptors (Lipinski definition) is 4. The largest absolute Gasteiger partial charge is 0.529 e. The van der Waals surface area contributed by atoms with Crippen molar-refractivity contribution in [3.63, 3.8) is 0 Å². The van der Waals surface area contributed by atoms with E-state index >= 15 is 0 Å². The number of Topliss-reactive ketones (excluding diaryl/α,β-unsaturated/α-hetero) is 1. The highest BCUT2D eigenvalue weighted by molar-refractivity contribution is 7.54. The van der Waals surface area contributed by atoms with E-state index in [9.17, 15) is 35.7 Å². The summed E-state index contributed by atoms with van der Waals surface area (Å²) in [5.41, 5.74) is 0. The monoisotopic (exact) mass is 274 g/mol. The van der Waals surface area contributed by atoms with E-state index in [-0.39, 0.29) is 0 Å². The third kappa shape index (κ3) is 7.66. The average molecular weight is 274 g/mol. The molecule has 0 spiro atoms. The van der Waals surface area contributed by atoms with Crippen LogP contribution < -0.4 is 0 Å². The highest BCUT2D eigenvalue weighted by Gasteiger charge is 2.49. The maximum atomic E-state index is 11.6. The van der Waals surface area contributed by atoms with Gasteiger partial charge in [0.15, 0.2) is 0 Å². The maximum Gasteiger partial charge on any atom is 0.529 e. The number of rotatable bonds is 4. The first-order chi connectivity index (χ1) is 6.83. The molecule has 0 fully saturated rings. The molecule has 0 heterocycles. The lowest BCUT2D eigenvalue weighted by Gasteiger charge is -2.19. The topological polar surface area (TPSA) is 52.6 Å². The highest BCUT2D eigenvalue weighted by atomic mass is 31.2. The van der Waals surface area contributed by atoms with Crippen molar-refractivity contribution in [2.24, 2.45) is 0 Å². The summed E-state index contributed by atoms with van der Waals surface area (Å²) in [4.78, 5) is 10.4. The van der Waals surface area contributed by atoms with Crippen LogP contribution in [0.3, 0.4) is 0 Å². The summed E-state index contributed by atoms with van der Waals surface area (Å²) in [5, 5.41) is 0. The van der Waals surface area contributed by atoms with Crippen LogP contribution in [0.4, 0.5) is 26.3 Å². The molecule has 0 atom stereocenters. The smallest absolute Gasteiger partial charge is 0.299 e. The quantitative estimate of drug-likeness (QED) is 0.584. The van der Waals surface area contributed by atoms with Crippen LogP contribution in [0.2, 0.25) is 0 Å². The van der Waals surface area contributed by atoms with Crippen LogP contribution in [-0.4, -0.2) is 24.7 Å². The summed E-state index contributed by atoms with van der Waals surface area (Å²) in [6, 6.07) is 0. The first-order valence-electron chi connectivity index (χ1n) is 3.46. The van der Waals surface area contributed by atoms with Gasteiger partial charge in [0.1, 0.15) is 11.9 Å². The first-order valence-corrected chi connectivity index (χ1v) is 5.19. The molecular formula is C5H5F6O4P. The van der Waals surface area contributed by atoms with E-state index in [1.54, 1.807) is 0 Å². The van der Waals surface area contributed by atoms with Crippen molar-refractivity contribution in [2.45, 2.75) is 19.6 Å². The van der Waals surface area contributed by atoms with Crippen LogP contribution in [0.1, 0.15) is 6.92 Å². The Hall–Kier alpha value is -0.600. The summed E-state index contributed by atoms with van der Waals surface area (Å²) in [6.07, 6.45) is -12.8. The Balaban J connectivity index is 4.90. The molecule has 0 saturated heterocycles. The lowest BCUT2D eigenvalue weighted by Crippen LogP contribution is -2.21. The molecule has 0 aliphatic rings. The molecular weight excluding hydrogens is 269 g/mol. The fourth-order valence-corrected chi connectivity index (χ4v) is 2.01. The fraction of sp³-hybridized carbons (Fsp3) is 0.800. The van der Waals surface area contributed by atoms with Crippen molar-refractivity contribution < 1.29 is 44.7 Å². The Morgan fingerprint density at radius 2 is 1.38 bits per heavy atom. The number of ketones is 1. The SMILES string of the molecule is CC(=O)CP(=O)(OC(F)(F)F)OC(F)(F)F. The van der Waals surface area contributed by atoms with Crippen LogP contribution in [0.25, 0.3) is 0 Å². The van der Waals surface area contributed by atoms with Crippen molar-refractivity contribution in [2.75, 3.05) is 6.16 Å². The Morgan fingerprint density at radius 3 is 1.56 bits per heavy atom. The van der Waals surface area contributed by atoms with Gasteiger partial charge in [-0.3, -0.25) is 9.36 Å². The predicted molar refractivity (Wildman–Crippen MR) is 37.4 cm³/mol. The van der Waals surface area contributed by atoms with E-state index in [2.05, 4.69) is 9.05 Å². The van der Waals surface area contributed by atoms with Crippen molar-refractivity contribution in [1.29, 1.82) is 0 Å². The van der Waals surface area contributed by atoms with E-state index in [4.69, 9.17) is 0 Å². The minimum atomic E-state index is -5.62. The van der Waals surface area contributed by atoms with Crippen LogP contribution >= 0.6 is 7.60 Å². The second kappa shape index (κ2) is 4.72. The third-order valence-electron chi connectivity index (χ3n) is 0.902. The molecule has 0 radical (unpaired) electrons. The number of carbonyl (C=O) groups excluding carboxylic acids is 1. The summed E-state index contributed by atoms with van der Waals surface area (Å²) in [5.74, 6) is -1.20. The van der Waals surface area contributed by atoms with Crippen LogP contribution in [0.15, 0.2) is 0 Å². The second-order valence-electron chi connectivity index (χ2n) is 2.55. The Bertz CT molecular complexity index is 287. The van der Waals surface area contributed by atoms with Gasteiger partial charge in [0.2, 0.25) is 0 Å². The van der Waals surface area contributed by atoms with Gasteiger partial charge in [-0.25, -0.2) is 9.05 Å². The van der Waals surface area contributed by atoms with Gasteiger partial charge >= 0.3 is 20.3 Å². The van der Waals surface area contributed by atoms with Gasteiger partial charge in [0, 0.05) is 0 Å². The van der Waals surface area contributed by atoms with Crippen molar-refractivity contribution in [1.82, 2.24) is 0 Å². The molecule has 0 aromatic heterocycles. The summed E-state index contributed by atoms with van der Waals surface area (Å²) >= 11 is 0. The summed E-state index contributed by atoms with van der Waals surface area (Å²) in [7, 11) is -5.62. The molecule has 0 bridgehead atoms. The molecule has 0 unspecified atom stereocenters. The van der Waals surface area contributed by atoms with Gasteiger partial charge in [0.25, 0.3) is 0 Å². The lowest BCUT2D eigenvalue weighted by atomic mass is 10.5. The van der Waals surface area contributed by atoms with E-state index in [0.29, 0.717) is 6.92 Å². The average Bonchev–Trinajstić information content (AvgIpc) is 1.69. The predicted octanol–water partition coefficient (Wildman–Crippen LogP) is 2.84. The number of carbonyl (C=O) groups is 1. The second-order valence-corrected chi connectivity index (χ2v) is 4.45. The zero-order valence-corrected chi connectivity index (χ0v) is 8.45.